The zero-order chi connectivity index (χ0) is 30.1. The van der Waals surface area contributed by atoms with Crippen LogP contribution in [0.15, 0.2) is 60.7 Å². The molecule has 0 bridgehead atoms. The van der Waals surface area contributed by atoms with Gasteiger partial charge in [0.15, 0.2) is 12.0 Å². The van der Waals surface area contributed by atoms with Crippen molar-refractivity contribution in [1.82, 2.24) is 5.32 Å². The lowest BCUT2D eigenvalue weighted by Gasteiger charge is -2.37. The highest BCUT2D eigenvalue weighted by atomic mass is 35.5. The van der Waals surface area contributed by atoms with E-state index in [-0.39, 0.29) is 32.4 Å². The van der Waals surface area contributed by atoms with Crippen LogP contribution >= 0.6 is 23.2 Å². The summed E-state index contributed by atoms with van der Waals surface area (Å²) in [5.41, 5.74) is -1.31. The number of amides is 1. The zero-order valence-electron chi connectivity index (χ0n) is 22.9. The number of rotatable bonds is 6. The first-order valence-corrected chi connectivity index (χ1v) is 13.7. The summed E-state index contributed by atoms with van der Waals surface area (Å²) in [6, 6.07) is 16.0. The zero-order valence-corrected chi connectivity index (χ0v) is 24.4. The first kappa shape index (κ1) is 30.4. The Morgan fingerprint density at radius 3 is 2.37 bits per heavy atom. The number of anilines is 1. The van der Waals surface area contributed by atoms with Gasteiger partial charge in [-0.3, -0.25) is 15.4 Å². The second kappa shape index (κ2) is 11.8. The van der Waals surface area contributed by atoms with E-state index in [2.05, 4.69) is 16.7 Å². The van der Waals surface area contributed by atoms with Gasteiger partial charge in [0.25, 0.3) is 0 Å². The molecule has 1 amide bonds. The van der Waals surface area contributed by atoms with Gasteiger partial charge >= 0.3 is 6.09 Å². The Labute approximate surface area is 247 Å². The molecule has 0 spiro atoms. The Balaban J connectivity index is 1.84. The fourth-order valence-corrected chi connectivity index (χ4v) is 5.76. The molecule has 4 atom stereocenters. The van der Waals surface area contributed by atoms with Crippen molar-refractivity contribution in [1.29, 1.82) is 5.26 Å². The average Bonchev–Trinajstić information content (AvgIpc) is 3.17. The van der Waals surface area contributed by atoms with Crippen LogP contribution < -0.4 is 10.6 Å². The van der Waals surface area contributed by atoms with Crippen molar-refractivity contribution in [3.8, 4) is 6.07 Å². The van der Waals surface area contributed by atoms with Crippen molar-refractivity contribution < 1.29 is 23.1 Å². The standard InChI is InChI=1S/C31H29Cl2F2N3O3/c1-17(39)18-8-11-20(12-9-18)37-29(40)41-28-26(21-6-5-7-23(33)27(21)35)31(16-36,25(38-28)15-30(2,3)4)22-13-10-19(32)14-24(22)34/h5-14,25-26,28,38H,15H2,1-4H3,(H,37,40)/t25-,26-,28+,31-/m0/s1. The SMILES string of the molecule is CC(=O)c1ccc(NC(=O)O[C@H]2N[C@@H](CC(C)(C)C)[C@](C#N)(c3ccc(Cl)cc3F)[C@H]2c2cccc(Cl)c2F)cc1. The highest BCUT2D eigenvalue weighted by Crippen LogP contribution is 2.53. The van der Waals surface area contributed by atoms with Crippen molar-refractivity contribution in [3.05, 3.63) is 99.0 Å². The maximum Gasteiger partial charge on any atom is 0.413 e. The van der Waals surface area contributed by atoms with Crippen LogP contribution in [0.5, 0.6) is 0 Å². The molecule has 2 N–H and O–H groups in total. The van der Waals surface area contributed by atoms with E-state index in [1.165, 1.54) is 37.3 Å². The van der Waals surface area contributed by atoms with Crippen LogP contribution in [-0.4, -0.2) is 24.1 Å². The highest BCUT2D eigenvalue weighted by molar-refractivity contribution is 6.31. The molecular weight excluding hydrogens is 571 g/mol. The Morgan fingerprint density at radius 2 is 1.78 bits per heavy atom. The van der Waals surface area contributed by atoms with Crippen molar-refractivity contribution >= 4 is 40.8 Å². The molecule has 41 heavy (non-hydrogen) atoms. The molecule has 1 heterocycles. The molecule has 1 aliphatic rings. The molecule has 0 unspecified atom stereocenters. The van der Waals surface area contributed by atoms with E-state index in [0.717, 1.165) is 6.07 Å². The van der Waals surface area contributed by atoms with E-state index in [4.69, 9.17) is 27.9 Å². The molecule has 0 aromatic heterocycles. The van der Waals surface area contributed by atoms with E-state index in [9.17, 15) is 14.9 Å². The van der Waals surface area contributed by atoms with E-state index in [0.29, 0.717) is 17.7 Å². The van der Waals surface area contributed by atoms with E-state index >= 15 is 8.78 Å². The van der Waals surface area contributed by atoms with Crippen LogP contribution in [0.3, 0.4) is 0 Å². The van der Waals surface area contributed by atoms with Gasteiger partial charge in [-0.2, -0.15) is 5.26 Å². The third kappa shape index (κ3) is 6.23. The summed E-state index contributed by atoms with van der Waals surface area (Å²) in [5, 5.41) is 16.6. The number of carbonyl (C=O) groups excluding carboxylic acids is 2. The number of Topliss-reactive ketones (excluding diaryl/α,β-unsaturated/α-hetero) is 1. The average molecular weight is 600 g/mol. The van der Waals surface area contributed by atoms with E-state index in [1.54, 1.807) is 24.3 Å². The summed E-state index contributed by atoms with van der Waals surface area (Å²) in [7, 11) is 0. The van der Waals surface area contributed by atoms with Crippen LogP contribution in [0.4, 0.5) is 19.3 Å². The minimum absolute atomic E-state index is 0.0122. The summed E-state index contributed by atoms with van der Waals surface area (Å²) < 4.78 is 37.1. The predicted octanol–water partition coefficient (Wildman–Crippen LogP) is 8.00. The summed E-state index contributed by atoms with van der Waals surface area (Å²) in [6.07, 6.45) is -1.82. The molecule has 1 saturated heterocycles. The van der Waals surface area contributed by atoms with Crippen LogP contribution in [-0.2, 0) is 10.2 Å². The topological polar surface area (TPSA) is 91.2 Å². The molecule has 6 nitrogen and oxygen atoms in total. The van der Waals surface area contributed by atoms with Gasteiger partial charge in [0.1, 0.15) is 17.0 Å². The van der Waals surface area contributed by atoms with Gasteiger partial charge in [0.05, 0.1) is 17.0 Å². The molecule has 4 rings (SSSR count). The first-order chi connectivity index (χ1) is 19.3. The lowest BCUT2D eigenvalue weighted by Crippen LogP contribution is -2.44. The van der Waals surface area contributed by atoms with Crippen LogP contribution in [0.1, 0.15) is 61.5 Å². The Bertz CT molecular complexity index is 1520. The molecule has 0 aliphatic carbocycles. The monoisotopic (exact) mass is 599 g/mol. The fraction of sp³-hybridized carbons (Fsp3) is 0.323. The number of benzene rings is 3. The fourth-order valence-electron chi connectivity index (χ4n) is 5.42. The Kier molecular flexibility index (Phi) is 8.74. The predicted molar refractivity (Wildman–Crippen MR) is 154 cm³/mol. The van der Waals surface area contributed by atoms with E-state index in [1.807, 2.05) is 20.8 Å². The number of nitrogens with one attached hydrogen (secondary N) is 2. The molecule has 0 saturated carbocycles. The lowest BCUT2D eigenvalue weighted by molar-refractivity contribution is 0.0851. The van der Waals surface area contributed by atoms with Gasteiger partial charge in [0, 0.05) is 27.9 Å². The van der Waals surface area contributed by atoms with Crippen LogP contribution in [0, 0.1) is 28.4 Å². The van der Waals surface area contributed by atoms with Gasteiger partial charge in [0.2, 0.25) is 0 Å². The molecule has 3 aromatic carbocycles. The summed E-state index contributed by atoms with van der Waals surface area (Å²) in [5.74, 6) is -2.89. The third-order valence-corrected chi connectivity index (χ3v) is 7.70. The lowest BCUT2D eigenvalue weighted by atomic mass is 9.63. The summed E-state index contributed by atoms with van der Waals surface area (Å²) >= 11 is 12.2. The largest absolute Gasteiger partial charge is 0.429 e. The summed E-state index contributed by atoms with van der Waals surface area (Å²) in [4.78, 5) is 24.7. The molecule has 0 radical (unpaired) electrons. The number of hydrogen-bond acceptors (Lipinski definition) is 5. The minimum Gasteiger partial charge on any atom is -0.429 e. The number of carbonyl (C=O) groups is 2. The smallest absolute Gasteiger partial charge is 0.413 e. The Morgan fingerprint density at radius 1 is 1.10 bits per heavy atom. The van der Waals surface area contributed by atoms with Gasteiger partial charge < -0.3 is 4.74 Å². The molecule has 1 fully saturated rings. The van der Waals surface area contributed by atoms with Crippen molar-refractivity contribution in [3.63, 3.8) is 0 Å². The van der Waals surface area contributed by atoms with Gasteiger partial charge in [-0.05, 0) is 66.8 Å². The van der Waals surface area contributed by atoms with Crippen molar-refractivity contribution in [2.75, 3.05) is 5.32 Å². The molecule has 3 aromatic rings. The maximum atomic E-state index is 15.7. The minimum atomic E-state index is -1.73. The molecular formula is C31H29Cl2F2N3O3. The second-order valence-electron chi connectivity index (χ2n) is 11.3. The van der Waals surface area contributed by atoms with Crippen molar-refractivity contribution in [2.45, 2.75) is 57.7 Å². The number of ether oxygens (including phenoxy) is 1. The van der Waals surface area contributed by atoms with E-state index < -0.39 is 41.3 Å². The van der Waals surface area contributed by atoms with Crippen LogP contribution in [0.2, 0.25) is 10.0 Å². The number of halogens is 4. The number of nitriles is 1. The van der Waals surface area contributed by atoms with Gasteiger partial charge in [-0.1, -0.05) is 62.2 Å². The molecule has 10 heteroatoms. The second-order valence-corrected chi connectivity index (χ2v) is 12.1. The van der Waals surface area contributed by atoms with Gasteiger partial charge in [-0.25, -0.2) is 13.6 Å². The molecule has 214 valence electrons. The first-order valence-electron chi connectivity index (χ1n) is 12.9. The quantitative estimate of drug-likeness (QED) is 0.280. The normalized spacial score (nSPS) is 22.2. The summed E-state index contributed by atoms with van der Waals surface area (Å²) in [6.45, 7) is 7.29. The van der Waals surface area contributed by atoms with Crippen LogP contribution in [0.25, 0.3) is 0 Å². The molecule has 1 aliphatic heterocycles. The highest BCUT2D eigenvalue weighted by Gasteiger charge is 2.61. The number of hydrogen-bond donors (Lipinski definition) is 2. The number of nitrogens with zero attached hydrogens (tertiary/aromatic N) is 1. The Hall–Kier alpha value is -3.51. The van der Waals surface area contributed by atoms with Crippen molar-refractivity contribution in [2.24, 2.45) is 5.41 Å². The van der Waals surface area contributed by atoms with Gasteiger partial charge in [-0.15, -0.1) is 0 Å². The third-order valence-electron chi connectivity index (χ3n) is 7.18. The maximum absolute atomic E-state index is 15.7. The number of ketones is 1.